The van der Waals surface area contributed by atoms with Crippen molar-refractivity contribution in [2.24, 2.45) is 0 Å². The molecular formula is C12H17N7O3. The number of rotatable bonds is 4. The highest BCUT2D eigenvalue weighted by Gasteiger charge is 2.20. The molecule has 3 heterocycles. The molecule has 10 heteroatoms. The number of methoxy groups -OCH3 is 1. The molecule has 0 bridgehead atoms. The zero-order chi connectivity index (χ0) is 15.5. The molecule has 0 unspecified atom stereocenters. The van der Waals surface area contributed by atoms with Crippen molar-refractivity contribution in [3.8, 4) is 5.88 Å². The molecule has 0 saturated carbocycles. The topological polar surface area (TPSA) is 123 Å². The van der Waals surface area contributed by atoms with Crippen molar-refractivity contribution in [1.82, 2.24) is 29.8 Å². The predicted octanol–water partition coefficient (Wildman–Crippen LogP) is -0.780. The van der Waals surface area contributed by atoms with Gasteiger partial charge in [-0.3, -0.25) is 0 Å². The lowest BCUT2D eigenvalue weighted by Gasteiger charge is -2.20. The molecule has 1 aliphatic rings. The van der Waals surface area contributed by atoms with E-state index >= 15 is 0 Å². The molecule has 2 N–H and O–H groups in total. The summed E-state index contributed by atoms with van der Waals surface area (Å²) >= 11 is 0. The van der Waals surface area contributed by atoms with Crippen LogP contribution in [0.15, 0.2) is 10.9 Å². The maximum atomic E-state index is 12.4. The van der Waals surface area contributed by atoms with Crippen LogP contribution in [0.25, 0.3) is 0 Å². The Morgan fingerprint density at radius 3 is 2.86 bits per heavy atom. The molecule has 2 aromatic rings. The van der Waals surface area contributed by atoms with Crippen LogP contribution in [0.3, 0.4) is 0 Å². The third-order valence-corrected chi connectivity index (χ3v) is 3.49. The highest BCUT2D eigenvalue weighted by Crippen LogP contribution is 2.17. The van der Waals surface area contributed by atoms with Gasteiger partial charge in [0.1, 0.15) is 0 Å². The van der Waals surface area contributed by atoms with Crippen molar-refractivity contribution >= 4 is 5.95 Å². The smallest absolute Gasteiger partial charge is 0.364 e. The summed E-state index contributed by atoms with van der Waals surface area (Å²) < 4.78 is 13.0. The Kier molecular flexibility index (Phi) is 4.00. The quantitative estimate of drug-likeness (QED) is 0.780. The summed E-state index contributed by atoms with van der Waals surface area (Å²) in [7, 11) is 1.49. The van der Waals surface area contributed by atoms with Crippen LogP contribution >= 0.6 is 0 Å². The third kappa shape index (κ3) is 2.91. The third-order valence-electron chi connectivity index (χ3n) is 3.49. The van der Waals surface area contributed by atoms with E-state index in [1.807, 2.05) is 0 Å². The van der Waals surface area contributed by atoms with Gasteiger partial charge in [0.05, 0.1) is 25.4 Å². The molecule has 0 aromatic carbocycles. The lowest BCUT2D eigenvalue weighted by atomic mass is 10.1. The van der Waals surface area contributed by atoms with E-state index < -0.39 is 0 Å². The van der Waals surface area contributed by atoms with Crippen molar-refractivity contribution in [2.75, 3.05) is 26.1 Å². The molecule has 22 heavy (non-hydrogen) atoms. The summed E-state index contributed by atoms with van der Waals surface area (Å²) in [6.45, 7) is 1.42. The monoisotopic (exact) mass is 307 g/mol. The standard InChI is InChI=1S/C12H17N7O3/c1-21-10-6-8(14-11(13)15-10)7-18-12(20)19(17-16-18)9-2-4-22-5-3-9/h6,9H,2-5,7H2,1H3,(H2,13,14,15). The molecule has 0 spiro atoms. The second kappa shape index (κ2) is 6.10. The number of ether oxygens (including phenoxy) is 2. The van der Waals surface area contributed by atoms with Gasteiger partial charge in [-0.25, -0.2) is 9.78 Å². The molecule has 0 radical (unpaired) electrons. The number of nitrogen functional groups attached to an aromatic ring is 1. The maximum absolute atomic E-state index is 12.4. The van der Waals surface area contributed by atoms with Gasteiger partial charge in [-0.2, -0.15) is 14.3 Å². The second-order valence-corrected chi connectivity index (χ2v) is 4.97. The Morgan fingerprint density at radius 2 is 2.14 bits per heavy atom. The Balaban J connectivity index is 1.83. The molecule has 2 aromatic heterocycles. The van der Waals surface area contributed by atoms with Crippen molar-refractivity contribution < 1.29 is 9.47 Å². The minimum Gasteiger partial charge on any atom is -0.481 e. The number of tetrazole rings is 1. The Bertz CT molecular complexity index is 705. The Morgan fingerprint density at radius 1 is 1.36 bits per heavy atom. The van der Waals surface area contributed by atoms with Crippen LogP contribution < -0.4 is 16.2 Å². The predicted molar refractivity (Wildman–Crippen MR) is 75.5 cm³/mol. The van der Waals surface area contributed by atoms with E-state index in [1.165, 1.54) is 16.5 Å². The number of hydrogen-bond acceptors (Lipinski definition) is 8. The molecule has 0 aliphatic carbocycles. The number of hydrogen-bond donors (Lipinski definition) is 1. The van der Waals surface area contributed by atoms with Gasteiger partial charge in [-0.15, -0.1) is 0 Å². The minimum absolute atomic E-state index is 0.0278. The normalized spacial score (nSPS) is 15.9. The van der Waals surface area contributed by atoms with Crippen molar-refractivity contribution in [1.29, 1.82) is 0 Å². The molecule has 1 aliphatic heterocycles. The average Bonchev–Trinajstić information content (AvgIpc) is 2.88. The van der Waals surface area contributed by atoms with Gasteiger partial charge >= 0.3 is 5.69 Å². The van der Waals surface area contributed by atoms with E-state index in [-0.39, 0.29) is 24.2 Å². The molecule has 1 fully saturated rings. The van der Waals surface area contributed by atoms with Gasteiger partial charge in [-0.1, -0.05) is 0 Å². The molecule has 1 saturated heterocycles. The van der Waals surface area contributed by atoms with Crippen LogP contribution in [0.2, 0.25) is 0 Å². The van der Waals surface area contributed by atoms with Gasteiger partial charge in [0.15, 0.2) is 0 Å². The highest BCUT2D eigenvalue weighted by atomic mass is 16.5. The number of nitrogens with two attached hydrogens (primary N) is 1. The van der Waals surface area contributed by atoms with Crippen LogP contribution in [0, 0.1) is 0 Å². The van der Waals surface area contributed by atoms with Crippen LogP contribution in [0.4, 0.5) is 5.95 Å². The number of anilines is 1. The van der Waals surface area contributed by atoms with E-state index in [0.717, 1.165) is 12.8 Å². The summed E-state index contributed by atoms with van der Waals surface area (Å²) in [4.78, 5) is 20.3. The van der Waals surface area contributed by atoms with Crippen molar-refractivity contribution in [2.45, 2.75) is 25.4 Å². The largest absolute Gasteiger partial charge is 0.481 e. The number of nitrogens with zero attached hydrogens (tertiary/aromatic N) is 6. The lowest BCUT2D eigenvalue weighted by molar-refractivity contribution is 0.0647. The summed E-state index contributed by atoms with van der Waals surface area (Å²) in [5, 5.41) is 7.86. The fourth-order valence-corrected chi connectivity index (χ4v) is 2.38. The van der Waals surface area contributed by atoms with E-state index in [0.29, 0.717) is 24.8 Å². The van der Waals surface area contributed by atoms with Crippen LogP contribution in [0.1, 0.15) is 24.6 Å². The van der Waals surface area contributed by atoms with E-state index in [1.54, 1.807) is 6.07 Å². The van der Waals surface area contributed by atoms with Crippen molar-refractivity contribution in [3.63, 3.8) is 0 Å². The summed E-state index contributed by atoms with van der Waals surface area (Å²) in [5.74, 6) is 0.423. The zero-order valence-corrected chi connectivity index (χ0v) is 12.2. The molecule has 118 valence electrons. The fourth-order valence-electron chi connectivity index (χ4n) is 2.38. The van der Waals surface area contributed by atoms with E-state index in [2.05, 4.69) is 20.4 Å². The van der Waals surface area contributed by atoms with Crippen molar-refractivity contribution in [3.05, 3.63) is 22.2 Å². The SMILES string of the molecule is COc1cc(Cn2nnn(C3CCOCC3)c2=O)nc(N)n1. The van der Waals surface area contributed by atoms with Gasteiger partial charge < -0.3 is 15.2 Å². The summed E-state index contributed by atoms with van der Waals surface area (Å²) in [6, 6.07) is 1.64. The van der Waals surface area contributed by atoms with E-state index in [9.17, 15) is 4.79 Å². The molecule has 0 amide bonds. The molecule has 3 rings (SSSR count). The Labute approximate surface area is 125 Å². The molecular weight excluding hydrogens is 290 g/mol. The fraction of sp³-hybridized carbons (Fsp3) is 0.583. The first-order valence-corrected chi connectivity index (χ1v) is 6.95. The van der Waals surface area contributed by atoms with Crippen LogP contribution in [0.5, 0.6) is 5.88 Å². The number of aromatic nitrogens is 6. The van der Waals surface area contributed by atoms with Gasteiger partial charge in [0.2, 0.25) is 11.8 Å². The van der Waals surface area contributed by atoms with Crippen LogP contribution in [-0.2, 0) is 11.3 Å². The minimum atomic E-state index is -0.275. The summed E-state index contributed by atoms with van der Waals surface area (Å²) in [5.41, 5.74) is 5.86. The zero-order valence-electron chi connectivity index (χ0n) is 12.2. The first kappa shape index (κ1) is 14.4. The first-order valence-electron chi connectivity index (χ1n) is 6.95. The van der Waals surface area contributed by atoms with E-state index in [4.69, 9.17) is 15.2 Å². The summed E-state index contributed by atoms with van der Waals surface area (Å²) in [6.07, 6.45) is 1.51. The first-order chi connectivity index (χ1) is 10.7. The molecule has 0 atom stereocenters. The van der Waals surface area contributed by atoms with Gasteiger partial charge in [0, 0.05) is 19.3 Å². The second-order valence-electron chi connectivity index (χ2n) is 4.97. The maximum Gasteiger partial charge on any atom is 0.364 e. The lowest BCUT2D eigenvalue weighted by Crippen LogP contribution is -2.32. The molecule has 10 nitrogen and oxygen atoms in total. The van der Waals surface area contributed by atoms with Crippen LogP contribution in [-0.4, -0.2) is 50.1 Å². The van der Waals surface area contributed by atoms with Gasteiger partial charge in [-0.05, 0) is 23.3 Å². The Hall–Kier alpha value is -2.49. The van der Waals surface area contributed by atoms with Gasteiger partial charge in [0.25, 0.3) is 0 Å². The highest BCUT2D eigenvalue weighted by molar-refractivity contribution is 5.26. The average molecular weight is 307 g/mol.